The fraction of sp³-hybridized carbons (Fsp3) is 0.273. The van der Waals surface area contributed by atoms with Crippen LogP contribution in [0.1, 0.15) is 10.4 Å². The van der Waals surface area contributed by atoms with Gasteiger partial charge in [0.05, 0.1) is 18.8 Å². The van der Waals surface area contributed by atoms with E-state index in [1.165, 1.54) is 0 Å². The van der Waals surface area contributed by atoms with Crippen LogP contribution in [-0.4, -0.2) is 58.6 Å². The third-order valence-electron chi connectivity index (χ3n) is 5.22. The van der Waals surface area contributed by atoms with Gasteiger partial charge in [-0.2, -0.15) is 0 Å². The molecule has 0 atom stereocenters. The highest BCUT2D eigenvalue weighted by Crippen LogP contribution is 2.27. The minimum atomic E-state index is -0.280. The maximum atomic E-state index is 13.2. The predicted molar refractivity (Wildman–Crippen MR) is 115 cm³/mol. The van der Waals surface area contributed by atoms with Crippen LogP contribution in [-0.2, 0) is 11.3 Å². The first kappa shape index (κ1) is 19.3. The lowest BCUT2D eigenvalue weighted by Crippen LogP contribution is -2.36. The molecule has 158 valence electrons. The van der Waals surface area contributed by atoms with Crippen LogP contribution in [0.15, 0.2) is 54.9 Å². The van der Waals surface area contributed by atoms with Gasteiger partial charge < -0.3 is 24.3 Å². The molecule has 9 nitrogen and oxygen atoms in total. The van der Waals surface area contributed by atoms with E-state index >= 15 is 0 Å². The molecule has 2 aliphatic rings. The van der Waals surface area contributed by atoms with Crippen molar-refractivity contribution in [2.75, 3.05) is 43.1 Å². The van der Waals surface area contributed by atoms with Crippen molar-refractivity contribution >= 4 is 17.4 Å². The summed E-state index contributed by atoms with van der Waals surface area (Å²) in [7, 11) is 0. The molecule has 2 aromatic heterocycles. The number of pyridine rings is 1. The number of hydrogen-bond acceptors (Lipinski definition) is 7. The van der Waals surface area contributed by atoms with Crippen molar-refractivity contribution in [2.24, 2.45) is 0 Å². The molecule has 1 fully saturated rings. The normalized spacial score (nSPS) is 17.5. The summed E-state index contributed by atoms with van der Waals surface area (Å²) in [6, 6.07) is 11.1. The lowest BCUT2D eigenvalue weighted by molar-refractivity contribution is 0.102. The van der Waals surface area contributed by atoms with E-state index in [1.807, 2.05) is 47.1 Å². The highest BCUT2D eigenvalue weighted by Gasteiger charge is 2.19. The van der Waals surface area contributed by atoms with Crippen LogP contribution < -0.4 is 15.0 Å². The number of allylic oxidation sites excluding steroid dienone is 1. The molecule has 1 amide bonds. The Morgan fingerprint density at radius 2 is 1.97 bits per heavy atom. The largest absolute Gasteiger partial charge is 0.489 e. The highest BCUT2D eigenvalue weighted by molar-refractivity contribution is 6.06. The van der Waals surface area contributed by atoms with Crippen molar-refractivity contribution in [3.63, 3.8) is 0 Å². The van der Waals surface area contributed by atoms with Gasteiger partial charge in [0.15, 0.2) is 5.82 Å². The number of rotatable bonds is 1. The van der Waals surface area contributed by atoms with Gasteiger partial charge in [0.2, 0.25) is 0 Å². The molecule has 0 saturated carbocycles. The Morgan fingerprint density at radius 3 is 2.87 bits per heavy atom. The van der Waals surface area contributed by atoms with E-state index in [1.54, 1.807) is 12.4 Å². The number of morpholine rings is 1. The molecule has 0 unspecified atom stereocenters. The van der Waals surface area contributed by atoms with Gasteiger partial charge in [-0.05, 0) is 36.4 Å². The van der Waals surface area contributed by atoms with Crippen molar-refractivity contribution in [1.29, 1.82) is 0 Å². The quantitative estimate of drug-likeness (QED) is 0.607. The third kappa shape index (κ3) is 4.13. The van der Waals surface area contributed by atoms with Gasteiger partial charge in [0.25, 0.3) is 5.91 Å². The maximum Gasteiger partial charge on any atom is 0.260 e. The van der Waals surface area contributed by atoms with E-state index in [-0.39, 0.29) is 5.91 Å². The highest BCUT2D eigenvalue weighted by atomic mass is 16.5. The Labute approximate surface area is 179 Å². The Bertz CT molecular complexity index is 1120. The zero-order chi connectivity index (χ0) is 21.0. The second-order valence-electron chi connectivity index (χ2n) is 7.23. The Morgan fingerprint density at radius 1 is 1.06 bits per heavy atom. The summed E-state index contributed by atoms with van der Waals surface area (Å²) in [6.07, 6.45) is 5.54. The Balaban J connectivity index is 1.51. The second kappa shape index (κ2) is 8.57. The van der Waals surface area contributed by atoms with Gasteiger partial charge in [-0.25, -0.2) is 4.98 Å². The van der Waals surface area contributed by atoms with Crippen LogP contribution in [0.2, 0.25) is 0 Å². The molecule has 1 aromatic carbocycles. The number of carbonyl (C=O) groups is 1. The molecule has 31 heavy (non-hydrogen) atoms. The van der Waals surface area contributed by atoms with E-state index in [2.05, 4.69) is 25.4 Å². The average molecular weight is 418 g/mol. The molecule has 2 bridgehead atoms. The molecular formula is C22H22N6O3. The molecule has 0 spiro atoms. The van der Waals surface area contributed by atoms with E-state index in [0.717, 1.165) is 18.8 Å². The maximum absolute atomic E-state index is 13.2. The molecule has 5 rings (SSSR count). The van der Waals surface area contributed by atoms with Crippen LogP contribution in [0.3, 0.4) is 0 Å². The first-order valence-electron chi connectivity index (χ1n) is 10.2. The summed E-state index contributed by atoms with van der Waals surface area (Å²) in [6.45, 7) is 3.85. The molecule has 4 heterocycles. The smallest absolute Gasteiger partial charge is 0.260 e. The van der Waals surface area contributed by atoms with Crippen molar-refractivity contribution in [3.05, 3.63) is 60.4 Å². The molecular weight excluding hydrogens is 396 g/mol. The van der Waals surface area contributed by atoms with Crippen molar-refractivity contribution in [1.82, 2.24) is 19.7 Å². The number of amides is 1. The van der Waals surface area contributed by atoms with Gasteiger partial charge in [-0.15, -0.1) is 10.2 Å². The molecule has 0 aliphatic carbocycles. The number of ether oxygens (including phenoxy) is 2. The van der Waals surface area contributed by atoms with Crippen LogP contribution >= 0.6 is 0 Å². The van der Waals surface area contributed by atoms with Crippen molar-refractivity contribution < 1.29 is 14.3 Å². The van der Waals surface area contributed by atoms with E-state index in [0.29, 0.717) is 55.0 Å². The van der Waals surface area contributed by atoms with Gasteiger partial charge in [-0.1, -0.05) is 12.1 Å². The lowest BCUT2D eigenvalue weighted by Gasteiger charge is -2.29. The van der Waals surface area contributed by atoms with E-state index in [9.17, 15) is 4.79 Å². The van der Waals surface area contributed by atoms with Crippen LogP contribution in [0, 0.1) is 0 Å². The van der Waals surface area contributed by atoms with Crippen molar-refractivity contribution in [3.8, 4) is 17.3 Å². The number of nitrogens with zero attached hydrogens (tertiary/aromatic N) is 5. The summed E-state index contributed by atoms with van der Waals surface area (Å²) in [5.41, 5.74) is 2.07. The number of hydrogen-bond donors (Lipinski definition) is 1. The molecule has 2 aliphatic heterocycles. The molecule has 9 heteroatoms. The van der Waals surface area contributed by atoms with Gasteiger partial charge >= 0.3 is 0 Å². The minimum Gasteiger partial charge on any atom is -0.489 e. The summed E-state index contributed by atoms with van der Waals surface area (Å²) < 4.78 is 13.2. The summed E-state index contributed by atoms with van der Waals surface area (Å²) >= 11 is 0. The number of carbonyl (C=O) groups excluding carboxylic acids is 1. The zero-order valence-corrected chi connectivity index (χ0v) is 16.9. The number of anilines is 2. The Hall–Kier alpha value is -3.72. The van der Waals surface area contributed by atoms with E-state index in [4.69, 9.17) is 9.47 Å². The number of benzene rings is 1. The average Bonchev–Trinajstić information content (AvgIpc) is 3.28. The van der Waals surface area contributed by atoms with Gasteiger partial charge in [-0.3, -0.25) is 4.79 Å². The number of fused-ring (bicyclic) bond motifs is 5. The van der Waals surface area contributed by atoms with Gasteiger partial charge in [0, 0.05) is 25.3 Å². The summed E-state index contributed by atoms with van der Waals surface area (Å²) in [4.78, 5) is 20.0. The van der Waals surface area contributed by atoms with E-state index < -0.39 is 0 Å². The SMILES string of the molecule is O=C1Nc2cccc(n2)-c2nncn2C/C=C/COc2ccc(N3CCOCC3)cc21. The topological polar surface area (TPSA) is 94.4 Å². The first-order chi connectivity index (χ1) is 15.3. The summed E-state index contributed by atoms with van der Waals surface area (Å²) in [5.74, 6) is 1.32. The lowest BCUT2D eigenvalue weighted by atomic mass is 10.1. The molecule has 1 saturated heterocycles. The fourth-order valence-electron chi connectivity index (χ4n) is 3.63. The van der Waals surface area contributed by atoms with Crippen LogP contribution in [0.4, 0.5) is 11.5 Å². The van der Waals surface area contributed by atoms with Crippen LogP contribution in [0.5, 0.6) is 5.75 Å². The number of nitrogens with one attached hydrogen (secondary N) is 1. The summed E-state index contributed by atoms with van der Waals surface area (Å²) in [5, 5.41) is 11.1. The monoisotopic (exact) mass is 418 g/mol. The molecule has 1 N–H and O–H groups in total. The van der Waals surface area contributed by atoms with Crippen LogP contribution in [0.25, 0.3) is 11.5 Å². The fourth-order valence-corrected chi connectivity index (χ4v) is 3.63. The predicted octanol–water partition coefficient (Wildman–Crippen LogP) is 2.38. The standard InChI is InChI=1S/C22H22N6O3/c29-22-17-14-16(27-9-12-30-13-10-27)6-7-19(17)31-11-2-1-8-28-15-23-26-21(28)18-4-3-5-20(24-18)25-22/h1-7,14-15H,8-13H2,(H,24,25,29)/b2-1+. The molecule has 0 radical (unpaired) electrons. The third-order valence-corrected chi connectivity index (χ3v) is 5.22. The second-order valence-corrected chi connectivity index (χ2v) is 7.23. The zero-order valence-electron chi connectivity index (χ0n) is 16.9. The van der Waals surface area contributed by atoms with Crippen molar-refractivity contribution in [2.45, 2.75) is 6.54 Å². The number of aromatic nitrogens is 4. The minimum absolute atomic E-state index is 0.280. The van der Waals surface area contributed by atoms with Gasteiger partial charge in [0.1, 0.15) is 30.2 Å². The first-order valence-corrected chi connectivity index (χ1v) is 10.2. The Kier molecular flexibility index (Phi) is 5.32. The molecule has 3 aromatic rings.